The van der Waals surface area contributed by atoms with E-state index >= 15 is 0 Å². The van der Waals surface area contributed by atoms with Gasteiger partial charge < -0.3 is 15.2 Å². The van der Waals surface area contributed by atoms with Crippen LogP contribution in [0.15, 0.2) is 93.5 Å². The number of fused-ring (bicyclic) bond motifs is 1. The molecule has 2 N–H and O–H groups in total. The second kappa shape index (κ2) is 10.3. The summed E-state index contributed by atoms with van der Waals surface area (Å²) in [5.41, 5.74) is 7.34. The third-order valence-corrected chi connectivity index (χ3v) is 9.41. The van der Waals surface area contributed by atoms with E-state index in [9.17, 15) is 18.5 Å². The highest BCUT2D eigenvalue weighted by molar-refractivity contribution is 7.95. The molecule has 0 saturated heterocycles. The lowest BCUT2D eigenvalue weighted by atomic mass is 9.90. The highest BCUT2D eigenvalue weighted by atomic mass is 32.2. The number of methoxy groups -OCH3 is 2. The SMILES string of the molecule is COc1cccc(C=c2sc3n(c2=O)C(N)=C(S(=O)(=O)c2ccccc2)C(c2cccc(OC)c2)C=3C#N)c1. The molecule has 8 nitrogen and oxygen atoms in total. The van der Waals surface area contributed by atoms with Crippen molar-refractivity contribution in [2.45, 2.75) is 10.8 Å². The Morgan fingerprint density at radius 2 is 1.64 bits per heavy atom. The monoisotopic (exact) mass is 557 g/mol. The van der Waals surface area contributed by atoms with Gasteiger partial charge in [0.25, 0.3) is 5.56 Å². The van der Waals surface area contributed by atoms with Gasteiger partial charge in [0, 0.05) is 0 Å². The zero-order chi connectivity index (χ0) is 27.7. The molecule has 0 saturated carbocycles. The maximum atomic E-state index is 14.1. The maximum Gasteiger partial charge on any atom is 0.274 e. The first-order valence-corrected chi connectivity index (χ1v) is 14.1. The molecule has 1 aromatic heterocycles. The van der Waals surface area contributed by atoms with Crippen molar-refractivity contribution in [2.24, 2.45) is 5.73 Å². The van der Waals surface area contributed by atoms with E-state index in [1.54, 1.807) is 73.8 Å². The lowest BCUT2D eigenvalue weighted by molar-refractivity contribution is 0.414. The Morgan fingerprint density at radius 1 is 0.974 bits per heavy atom. The number of rotatable bonds is 6. The Morgan fingerprint density at radius 3 is 2.31 bits per heavy atom. The quantitative estimate of drug-likeness (QED) is 0.387. The van der Waals surface area contributed by atoms with E-state index in [2.05, 4.69) is 6.07 Å². The molecule has 0 aliphatic carbocycles. The number of ether oxygens (including phenoxy) is 2. The van der Waals surface area contributed by atoms with Crippen LogP contribution in [0.3, 0.4) is 0 Å². The van der Waals surface area contributed by atoms with Crippen molar-refractivity contribution < 1.29 is 17.9 Å². The van der Waals surface area contributed by atoms with Gasteiger partial charge in [-0.15, -0.1) is 11.3 Å². The lowest BCUT2D eigenvalue weighted by Crippen LogP contribution is -2.39. The number of nitriles is 1. The van der Waals surface area contributed by atoms with Crippen LogP contribution in [0.5, 0.6) is 11.5 Å². The first-order chi connectivity index (χ1) is 18.8. The van der Waals surface area contributed by atoms with Gasteiger partial charge in [-0.25, -0.2) is 8.42 Å². The molecule has 39 heavy (non-hydrogen) atoms. The summed E-state index contributed by atoms with van der Waals surface area (Å²) < 4.78 is 40.5. The Hall–Kier alpha value is -4.59. The fourth-order valence-corrected chi connectivity index (χ4v) is 7.38. The van der Waals surface area contributed by atoms with Crippen molar-refractivity contribution in [3.63, 3.8) is 0 Å². The van der Waals surface area contributed by atoms with E-state index in [4.69, 9.17) is 15.2 Å². The van der Waals surface area contributed by atoms with Crippen LogP contribution in [-0.4, -0.2) is 27.2 Å². The molecule has 1 unspecified atom stereocenters. The summed E-state index contributed by atoms with van der Waals surface area (Å²) in [4.78, 5) is 13.4. The van der Waals surface area contributed by atoms with E-state index in [0.717, 1.165) is 15.9 Å². The standard InChI is InChI=1S/C29H23N3O5S2/c1-36-20-10-6-8-18(14-20)15-24-28(33)32-27(31)26(39(34,35)22-12-4-3-5-13-22)25(23(17-30)29(32)38-24)19-9-7-11-21(16-19)37-2/h3-16,25H,31H2,1-2H3. The number of sulfone groups is 1. The van der Waals surface area contributed by atoms with Crippen molar-refractivity contribution in [3.05, 3.63) is 114 Å². The van der Waals surface area contributed by atoms with Crippen LogP contribution in [-0.2, 0) is 9.84 Å². The van der Waals surface area contributed by atoms with Crippen LogP contribution in [0.1, 0.15) is 17.0 Å². The zero-order valence-electron chi connectivity index (χ0n) is 21.0. The Kier molecular flexibility index (Phi) is 6.87. The summed E-state index contributed by atoms with van der Waals surface area (Å²) in [6, 6.07) is 24.0. The van der Waals surface area contributed by atoms with Crippen molar-refractivity contribution >= 4 is 38.6 Å². The molecular formula is C29H23N3O5S2. The maximum absolute atomic E-state index is 14.1. The van der Waals surface area contributed by atoms with Crippen LogP contribution in [0.25, 0.3) is 17.5 Å². The summed E-state index contributed by atoms with van der Waals surface area (Å²) in [5, 5.41) is 10.4. The molecule has 10 heteroatoms. The third kappa shape index (κ3) is 4.52. The second-order valence-corrected chi connectivity index (χ2v) is 11.6. The van der Waals surface area contributed by atoms with Crippen LogP contribution in [0.2, 0.25) is 0 Å². The Bertz CT molecular complexity index is 1950. The average Bonchev–Trinajstić information content (AvgIpc) is 3.28. The van der Waals surface area contributed by atoms with Crippen molar-refractivity contribution in [1.29, 1.82) is 5.26 Å². The van der Waals surface area contributed by atoms with Gasteiger partial charge in [-0.2, -0.15) is 5.26 Å². The fraction of sp³-hybridized carbons (Fsp3) is 0.103. The highest BCUT2D eigenvalue weighted by Crippen LogP contribution is 2.42. The highest BCUT2D eigenvalue weighted by Gasteiger charge is 2.39. The number of hydrogen-bond acceptors (Lipinski definition) is 8. The predicted octanol–water partition coefficient (Wildman–Crippen LogP) is 2.79. The molecule has 5 rings (SSSR count). The summed E-state index contributed by atoms with van der Waals surface area (Å²) >= 11 is 1.08. The fourth-order valence-electron chi connectivity index (χ4n) is 4.55. The second-order valence-electron chi connectivity index (χ2n) is 8.63. The predicted molar refractivity (Wildman–Crippen MR) is 150 cm³/mol. The van der Waals surface area contributed by atoms with Gasteiger partial charge in [-0.05, 0) is 53.6 Å². The number of nitrogens with zero attached hydrogens (tertiary/aromatic N) is 2. The molecule has 1 aliphatic heterocycles. The van der Waals surface area contributed by atoms with E-state index < -0.39 is 21.3 Å². The topological polar surface area (TPSA) is 124 Å². The third-order valence-electron chi connectivity index (χ3n) is 6.38. The summed E-state index contributed by atoms with van der Waals surface area (Å²) in [5.74, 6) is -0.200. The average molecular weight is 558 g/mol. The molecular weight excluding hydrogens is 534 g/mol. The van der Waals surface area contributed by atoms with Crippen LogP contribution in [0.4, 0.5) is 0 Å². The van der Waals surface area contributed by atoms with E-state index in [0.29, 0.717) is 22.6 Å². The van der Waals surface area contributed by atoms with E-state index in [1.165, 1.54) is 19.2 Å². The lowest BCUT2D eigenvalue weighted by Gasteiger charge is -2.26. The van der Waals surface area contributed by atoms with Crippen LogP contribution in [0, 0.1) is 11.3 Å². The minimum atomic E-state index is -4.23. The first-order valence-electron chi connectivity index (χ1n) is 11.8. The van der Waals surface area contributed by atoms with Gasteiger partial charge in [-0.1, -0.05) is 42.5 Å². The first kappa shape index (κ1) is 26.0. The zero-order valence-corrected chi connectivity index (χ0v) is 22.6. The van der Waals surface area contributed by atoms with E-state index in [1.807, 2.05) is 6.07 Å². The van der Waals surface area contributed by atoms with Crippen molar-refractivity contribution in [1.82, 2.24) is 4.57 Å². The smallest absolute Gasteiger partial charge is 0.274 e. The molecule has 3 aromatic carbocycles. The number of allylic oxidation sites excluding steroid dienone is 1. The van der Waals surface area contributed by atoms with Gasteiger partial charge in [0.05, 0.1) is 41.2 Å². The minimum Gasteiger partial charge on any atom is -0.497 e. The molecule has 0 radical (unpaired) electrons. The number of hydrogen-bond donors (Lipinski definition) is 1. The van der Waals surface area contributed by atoms with Crippen LogP contribution >= 0.6 is 11.3 Å². The molecule has 196 valence electrons. The number of thiazole rings is 1. The van der Waals surface area contributed by atoms with Crippen molar-refractivity contribution in [2.75, 3.05) is 14.2 Å². The van der Waals surface area contributed by atoms with Gasteiger partial charge in [0.1, 0.15) is 26.9 Å². The van der Waals surface area contributed by atoms with Gasteiger partial charge in [0.15, 0.2) is 0 Å². The molecule has 0 bridgehead atoms. The van der Waals surface area contributed by atoms with Gasteiger partial charge in [0.2, 0.25) is 9.84 Å². The number of aromatic nitrogens is 1. The Labute approximate surface area is 228 Å². The summed E-state index contributed by atoms with van der Waals surface area (Å²) in [6.07, 6.45) is 1.66. The number of nitrogens with two attached hydrogens (primary N) is 1. The molecule has 0 spiro atoms. The van der Waals surface area contributed by atoms with Crippen LogP contribution < -0.4 is 30.0 Å². The number of benzene rings is 3. The molecule has 0 fully saturated rings. The molecule has 4 aromatic rings. The molecule has 0 amide bonds. The van der Waals surface area contributed by atoms with E-state index in [-0.39, 0.29) is 30.4 Å². The Balaban J connectivity index is 1.88. The van der Waals surface area contributed by atoms with Crippen molar-refractivity contribution in [3.8, 4) is 17.6 Å². The normalized spacial score (nSPS) is 15.6. The minimum absolute atomic E-state index is 0.00281. The van der Waals surface area contributed by atoms with Gasteiger partial charge >= 0.3 is 0 Å². The summed E-state index contributed by atoms with van der Waals surface area (Å²) in [6.45, 7) is 0. The van der Waals surface area contributed by atoms with Gasteiger partial charge in [-0.3, -0.25) is 9.36 Å². The largest absolute Gasteiger partial charge is 0.497 e. The molecule has 2 heterocycles. The molecule has 1 atom stereocenters. The summed E-state index contributed by atoms with van der Waals surface area (Å²) in [7, 11) is -1.18. The molecule has 1 aliphatic rings.